The Kier molecular flexibility index (Phi) is 4.27. The fraction of sp³-hybridized carbons (Fsp3) is 0.312. The van der Waals surface area contributed by atoms with Gasteiger partial charge in [-0.2, -0.15) is 5.10 Å². The highest BCUT2D eigenvalue weighted by molar-refractivity contribution is 5.87. The first-order chi connectivity index (χ1) is 11.1. The van der Waals surface area contributed by atoms with Crippen molar-refractivity contribution in [1.29, 1.82) is 0 Å². The molecule has 23 heavy (non-hydrogen) atoms. The van der Waals surface area contributed by atoms with Gasteiger partial charge in [0.25, 0.3) is 0 Å². The van der Waals surface area contributed by atoms with Crippen molar-refractivity contribution < 1.29 is 14.7 Å². The highest BCUT2D eigenvalue weighted by Gasteiger charge is 2.23. The molecule has 0 saturated heterocycles. The van der Waals surface area contributed by atoms with Crippen LogP contribution in [0.25, 0.3) is 0 Å². The molecule has 1 unspecified atom stereocenters. The van der Waals surface area contributed by atoms with Crippen molar-refractivity contribution in [2.45, 2.75) is 31.8 Å². The van der Waals surface area contributed by atoms with Crippen LogP contribution < -0.4 is 10.6 Å². The van der Waals surface area contributed by atoms with Crippen LogP contribution in [0.4, 0.5) is 4.79 Å². The predicted molar refractivity (Wildman–Crippen MR) is 83.0 cm³/mol. The maximum atomic E-state index is 12.0. The second-order valence-electron chi connectivity index (χ2n) is 5.58. The fourth-order valence-electron chi connectivity index (χ4n) is 2.76. The van der Waals surface area contributed by atoms with Crippen LogP contribution in [0.15, 0.2) is 30.5 Å². The summed E-state index contributed by atoms with van der Waals surface area (Å²) in [6.07, 6.45) is 4.71. The summed E-state index contributed by atoms with van der Waals surface area (Å²) in [5.74, 6) is -0.963. The molecule has 0 aliphatic heterocycles. The molecule has 2 amide bonds. The third-order valence-corrected chi connectivity index (χ3v) is 4.00. The molecule has 1 aliphatic rings. The third kappa shape index (κ3) is 3.50. The summed E-state index contributed by atoms with van der Waals surface area (Å²) in [6.45, 7) is 0.342. The molecule has 1 atom stereocenters. The van der Waals surface area contributed by atoms with E-state index in [1.54, 1.807) is 12.1 Å². The van der Waals surface area contributed by atoms with Crippen molar-refractivity contribution in [3.63, 3.8) is 0 Å². The standard InChI is InChI=1S/C16H18N4O3/c21-15(22)11-6-4-10(5-7-11)8-17-16(23)19-13-3-1-2-12-9-18-20-14(12)13/h4-7,9,13H,1-3,8H2,(H,18,20)(H,21,22)(H2,17,19,23). The Morgan fingerprint density at radius 3 is 2.83 bits per heavy atom. The zero-order chi connectivity index (χ0) is 16.2. The summed E-state index contributed by atoms with van der Waals surface area (Å²) >= 11 is 0. The zero-order valence-corrected chi connectivity index (χ0v) is 12.5. The molecule has 0 radical (unpaired) electrons. The lowest BCUT2D eigenvalue weighted by atomic mass is 9.94. The number of carboxylic acids is 1. The van der Waals surface area contributed by atoms with E-state index in [1.165, 1.54) is 12.1 Å². The quantitative estimate of drug-likeness (QED) is 0.692. The Bertz CT molecular complexity index is 708. The van der Waals surface area contributed by atoms with Gasteiger partial charge in [-0.1, -0.05) is 12.1 Å². The Labute approximate surface area is 133 Å². The van der Waals surface area contributed by atoms with Crippen LogP contribution in [0.5, 0.6) is 0 Å². The van der Waals surface area contributed by atoms with Crippen molar-refractivity contribution in [2.24, 2.45) is 0 Å². The first-order valence-corrected chi connectivity index (χ1v) is 7.52. The number of H-pyrrole nitrogens is 1. The summed E-state index contributed by atoms with van der Waals surface area (Å²) in [7, 11) is 0. The number of rotatable bonds is 4. The topological polar surface area (TPSA) is 107 Å². The molecule has 1 heterocycles. The van der Waals surface area contributed by atoms with Crippen LogP contribution in [0, 0.1) is 0 Å². The largest absolute Gasteiger partial charge is 0.478 e. The maximum Gasteiger partial charge on any atom is 0.335 e. The zero-order valence-electron chi connectivity index (χ0n) is 12.5. The average Bonchev–Trinajstić information content (AvgIpc) is 3.03. The number of benzene rings is 1. The summed E-state index contributed by atoms with van der Waals surface area (Å²) in [5.41, 5.74) is 3.21. The van der Waals surface area contributed by atoms with Gasteiger partial charge in [-0.25, -0.2) is 9.59 Å². The van der Waals surface area contributed by atoms with Gasteiger partial charge < -0.3 is 15.7 Å². The van der Waals surface area contributed by atoms with E-state index in [-0.39, 0.29) is 17.6 Å². The summed E-state index contributed by atoms with van der Waals surface area (Å²) in [5, 5.41) is 21.6. The molecule has 0 spiro atoms. The van der Waals surface area contributed by atoms with E-state index in [0.29, 0.717) is 6.54 Å². The van der Waals surface area contributed by atoms with E-state index in [2.05, 4.69) is 20.8 Å². The number of aromatic carboxylic acids is 1. The number of amides is 2. The Morgan fingerprint density at radius 2 is 2.09 bits per heavy atom. The molecular weight excluding hydrogens is 296 g/mol. The fourth-order valence-corrected chi connectivity index (χ4v) is 2.76. The smallest absolute Gasteiger partial charge is 0.335 e. The molecule has 2 aromatic rings. The molecular formula is C16H18N4O3. The van der Waals surface area contributed by atoms with Crippen molar-refractivity contribution in [3.8, 4) is 0 Å². The van der Waals surface area contributed by atoms with Crippen LogP contribution in [0.2, 0.25) is 0 Å². The number of hydrogen-bond acceptors (Lipinski definition) is 3. The van der Waals surface area contributed by atoms with Crippen LogP contribution in [0.1, 0.15) is 46.1 Å². The maximum absolute atomic E-state index is 12.0. The molecule has 3 rings (SSSR count). The second-order valence-corrected chi connectivity index (χ2v) is 5.58. The molecule has 7 nitrogen and oxygen atoms in total. The van der Waals surface area contributed by atoms with E-state index >= 15 is 0 Å². The minimum absolute atomic E-state index is 0.0457. The van der Waals surface area contributed by atoms with Crippen LogP contribution >= 0.6 is 0 Å². The van der Waals surface area contributed by atoms with Gasteiger partial charge in [0.15, 0.2) is 0 Å². The lowest BCUT2D eigenvalue weighted by Gasteiger charge is -2.23. The van der Waals surface area contributed by atoms with Crippen LogP contribution in [-0.4, -0.2) is 27.3 Å². The number of aromatic nitrogens is 2. The predicted octanol–water partition coefficient (Wildman–Crippen LogP) is 1.98. The minimum Gasteiger partial charge on any atom is -0.478 e. The number of carboxylic acid groups (broad SMARTS) is 1. The summed E-state index contributed by atoms with van der Waals surface area (Å²) in [4.78, 5) is 22.8. The van der Waals surface area contributed by atoms with E-state index in [1.807, 2.05) is 6.20 Å². The number of urea groups is 1. The van der Waals surface area contributed by atoms with Gasteiger partial charge >= 0.3 is 12.0 Å². The number of aromatic amines is 1. The number of carbonyl (C=O) groups is 2. The second kappa shape index (κ2) is 6.51. The van der Waals surface area contributed by atoms with Crippen LogP contribution in [0.3, 0.4) is 0 Å². The summed E-state index contributed by atoms with van der Waals surface area (Å²) < 4.78 is 0. The van der Waals surface area contributed by atoms with E-state index in [4.69, 9.17) is 5.11 Å². The first-order valence-electron chi connectivity index (χ1n) is 7.52. The van der Waals surface area contributed by atoms with E-state index in [9.17, 15) is 9.59 Å². The van der Waals surface area contributed by atoms with Gasteiger partial charge in [-0.3, -0.25) is 5.10 Å². The number of fused-ring (bicyclic) bond motifs is 1. The van der Waals surface area contributed by atoms with Crippen molar-refractivity contribution in [1.82, 2.24) is 20.8 Å². The van der Waals surface area contributed by atoms with Gasteiger partial charge in [0, 0.05) is 6.54 Å². The molecule has 7 heteroatoms. The van der Waals surface area contributed by atoms with Crippen molar-refractivity contribution in [3.05, 3.63) is 52.8 Å². The molecule has 1 aromatic carbocycles. The Hall–Kier alpha value is -2.83. The lowest BCUT2D eigenvalue weighted by Crippen LogP contribution is -2.38. The molecule has 1 aromatic heterocycles. The number of nitrogens with zero attached hydrogens (tertiary/aromatic N) is 1. The average molecular weight is 314 g/mol. The number of aryl methyl sites for hydroxylation is 1. The van der Waals surface area contributed by atoms with Gasteiger partial charge in [-0.05, 0) is 42.5 Å². The normalized spacial score (nSPS) is 16.4. The van der Waals surface area contributed by atoms with Crippen molar-refractivity contribution >= 4 is 12.0 Å². The monoisotopic (exact) mass is 314 g/mol. The van der Waals surface area contributed by atoms with Gasteiger partial charge in [-0.15, -0.1) is 0 Å². The Balaban J connectivity index is 1.53. The SMILES string of the molecule is O=C(NCc1ccc(C(=O)O)cc1)NC1CCCc2cn[nH]c21. The minimum atomic E-state index is -0.963. The molecule has 0 bridgehead atoms. The number of carbonyl (C=O) groups excluding carboxylic acids is 1. The number of nitrogens with one attached hydrogen (secondary N) is 3. The van der Waals surface area contributed by atoms with Gasteiger partial charge in [0.2, 0.25) is 0 Å². The molecule has 0 fully saturated rings. The molecule has 4 N–H and O–H groups in total. The third-order valence-electron chi connectivity index (χ3n) is 4.00. The van der Waals surface area contributed by atoms with Crippen LogP contribution in [-0.2, 0) is 13.0 Å². The number of hydrogen-bond donors (Lipinski definition) is 4. The van der Waals surface area contributed by atoms with Gasteiger partial charge in [0.1, 0.15) is 0 Å². The highest BCUT2D eigenvalue weighted by atomic mass is 16.4. The first kappa shape index (κ1) is 15.1. The molecule has 1 aliphatic carbocycles. The van der Waals surface area contributed by atoms with Crippen molar-refractivity contribution in [2.75, 3.05) is 0 Å². The lowest BCUT2D eigenvalue weighted by molar-refractivity contribution is 0.0697. The summed E-state index contributed by atoms with van der Waals surface area (Å²) in [6, 6.07) is 6.13. The molecule has 0 saturated carbocycles. The molecule has 120 valence electrons. The Morgan fingerprint density at radius 1 is 1.30 bits per heavy atom. The van der Waals surface area contributed by atoms with E-state index < -0.39 is 5.97 Å². The highest BCUT2D eigenvalue weighted by Crippen LogP contribution is 2.27. The van der Waals surface area contributed by atoms with E-state index in [0.717, 1.165) is 36.1 Å². The van der Waals surface area contributed by atoms with Gasteiger partial charge in [0.05, 0.1) is 23.5 Å².